The molecule has 1 aromatic carbocycles. The number of hydrogen-bond donors (Lipinski definition) is 0. The van der Waals surface area contributed by atoms with Gasteiger partial charge in [-0.25, -0.2) is 13.8 Å². The molecule has 0 spiro atoms. The minimum atomic E-state index is -1.34. The fourth-order valence-corrected chi connectivity index (χ4v) is 5.11. The first-order chi connectivity index (χ1) is 15.6. The second-order valence-electron chi connectivity index (χ2n) is 9.41. The summed E-state index contributed by atoms with van der Waals surface area (Å²) in [5, 5.41) is 0. The number of pyridine rings is 1. The number of hydrogen-bond acceptors (Lipinski definition) is 5. The van der Waals surface area contributed by atoms with Crippen molar-refractivity contribution in [2.75, 3.05) is 31.1 Å². The number of benzene rings is 1. The van der Waals surface area contributed by atoms with Gasteiger partial charge in [0, 0.05) is 49.5 Å². The lowest BCUT2D eigenvalue weighted by atomic mass is 10.00. The number of piperidine rings is 1. The molecule has 0 N–H and O–H groups in total. The van der Waals surface area contributed by atoms with Crippen LogP contribution in [0.4, 0.5) is 14.6 Å². The molecule has 4 heterocycles. The Hall–Kier alpha value is -2.54. The van der Waals surface area contributed by atoms with Gasteiger partial charge in [-0.05, 0) is 55.5 Å². The molecule has 168 valence electrons. The van der Waals surface area contributed by atoms with Gasteiger partial charge in [-0.3, -0.25) is 9.89 Å². The number of aromatic nitrogens is 1. The van der Waals surface area contributed by atoms with E-state index in [0.29, 0.717) is 12.6 Å². The van der Waals surface area contributed by atoms with Crippen LogP contribution in [-0.4, -0.2) is 66.3 Å². The highest BCUT2D eigenvalue weighted by Gasteiger charge is 2.37. The van der Waals surface area contributed by atoms with Crippen molar-refractivity contribution in [3.05, 3.63) is 53.2 Å². The zero-order valence-corrected chi connectivity index (χ0v) is 18.1. The number of likely N-dealkylation sites (tertiary alicyclic amines) is 1. The zero-order valence-electron chi connectivity index (χ0n) is 18.1. The van der Waals surface area contributed by atoms with Gasteiger partial charge in [-0.1, -0.05) is 6.07 Å². The topological polar surface area (TPSA) is 41.0 Å². The molecule has 4 aliphatic rings. The quantitative estimate of drug-likeness (QED) is 0.709. The number of anilines is 1. The lowest BCUT2D eigenvalue weighted by molar-refractivity contribution is 0.190. The lowest BCUT2D eigenvalue weighted by Crippen LogP contribution is -2.44. The number of halogens is 2. The maximum Gasteiger partial charge on any atom is 0.145 e. The molecule has 5 nitrogen and oxygen atoms in total. The van der Waals surface area contributed by atoms with Crippen molar-refractivity contribution in [1.82, 2.24) is 9.88 Å². The lowest BCUT2D eigenvalue weighted by Gasteiger charge is -2.37. The van der Waals surface area contributed by atoms with E-state index in [2.05, 4.69) is 28.1 Å². The van der Waals surface area contributed by atoms with Crippen LogP contribution in [0, 0.1) is 0 Å². The van der Waals surface area contributed by atoms with Crippen molar-refractivity contribution in [2.24, 2.45) is 4.99 Å². The second-order valence-corrected chi connectivity index (χ2v) is 9.41. The molecular formula is C25H28F2N4O. The molecule has 1 saturated carbocycles. The smallest absolute Gasteiger partial charge is 0.145 e. The Morgan fingerprint density at radius 2 is 1.72 bits per heavy atom. The Balaban J connectivity index is 1.16. The molecule has 0 unspecified atom stereocenters. The van der Waals surface area contributed by atoms with E-state index in [1.165, 1.54) is 5.56 Å². The maximum atomic E-state index is 13.6. The van der Waals surface area contributed by atoms with Gasteiger partial charge in [-0.2, -0.15) is 0 Å². The summed E-state index contributed by atoms with van der Waals surface area (Å²) in [6.07, 6.45) is 3.63. The van der Waals surface area contributed by atoms with E-state index in [0.717, 1.165) is 67.2 Å². The number of ether oxygens (including phenoxy) is 1. The summed E-state index contributed by atoms with van der Waals surface area (Å²) in [5.41, 5.74) is 4.44. The van der Waals surface area contributed by atoms with Crippen LogP contribution < -0.4 is 9.64 Å². The number of nitrogens with zero attached hydrogens (tertiary/aromatic N) is 4. The summed E-state index contributed by atoms with van der Waals surface area (Å²) < 4.78 is 33.2. The molecule has 32 heavy (non-hydrogen) atoms. The predicted octanol–water partition coefficient (Wildman–Crippen LogP) is 3.93. The molecule has 0 bridgehead atoms. The Morgan fingerprint density at radius 1 is 0.938 bits per heavy atom. The van der Waals surface area contributed by atoms with Gasteiger partial charge in [0.2, 0.25) is 0 Å². The van der Waals surface area contributed by atoms with E-state index in [-0.39, 0.29) is 19.1 Å². The van der Waals surface area contributed by atoms with Crippen molar-refractivity contribution in [1.29, 1.82) is 0 Å². The molecule has 2 atom stereocenters. The number of rotatable bonds is 5. The number of fused-ring (bicyclic) bond motifs is 1. The van der Waals surface area contributed by atoms with E-state index in [9.17, 15) is 8.78 Å². The van der Waals surface area contributed by atoms with E-state index >= 15 is 0 Å². The van der Waals surface area contributed by atoms with Crippen LogP contribution in [0.5, 0.6) is 5.75 Å². The van der Waals surface area contributed by atoms with Crippen LogP contribution in [0.2, 0.25) is 0 Å². The fraction of sp³-hybridized carbons (Fsp3) is 0.520. The molecule has 3 fully saturated rings. The van der Waals surface area contributed by atoms with Crippen LogP contribution in [0.15, 0.2) is 41.5 Å². The standard InChI is InChI=1S/C25H28F2N4O/c26-22-14-31(15-23(22)27)18-6-9-30(10-7-18)24-11-16(5-8-28-24)25-21-12-20(32-19-3-4-19)2-1-17(21)13-29-25/h1-2,5,8,11-12,18-19,22-23H,3-4,6-7,9-10,13-15H2/t22-,23-/m0/s1. The third-order valence-corrected chi connectivity index (χ3v) is 7.11. The summed E-state index contributed by atoms with van der Waals surface area (Å²) in [7, 11) is 0. The normalized spacial score (nSPS) is 26.3. The molecule has 7 heteroatoms. The summed E-state index contributed by atoms with van der Waals surface area (Å²) in [6.45, 7) is 2.83. The van der Waals surface area contributed by atoms with Gasteiger partial charge < -0.3 is 9.64 Å². The molecule has 0 radical (unpaired) electrons. The fourth-order valence-electron chi connectivity index (χ4n) is 5.11. The Kier molecular flexibility index (Phi) is 5.09. The monoisotopic (exact) mass is 438 g/mol. The highest BCUT2D eigenvalue weighted by atomic mass is 19.2. The van der Waals surface area contributed by atoms with Gasteiger partial charge in [0.05, 0.1) is 18.4 Å². The van der Waals surface area contributed by atoms with Crippen LogP contribution in [0.1, 0.15) is 42.4 Å². The first kappa shape index (κ1) is 20.1. The molecule has 0 amide bonds. The SMILES string of the molecule is F[C@H]1CN(C2CCN(c3cc(C4=NCc5ccc(OC6CC6)cc54)ccn3)CC2)C[C@@H]1F. The van der Waals surface area contributed by atoms with Crippen LogP contribution in [-0.2, 0) is 6.54 Å². The Bertz CT molecular complexity index is 1020. The minimum Gasteiger partial charge on any atom is -0.490 e. The van der Waals surface area contributed by atoms with Crippen LogP contribution in [0.3, 0.4) is 0 Å². The zero-order chi connectivity index (χ0) is 21.7. The molecule has 2 saturated heterocycles. The molecule has 3 aliphatic heterocycles. The van der Waals surface area contributed by atoms with Gasteiger partial charge in [0.25, 0.3) is 0 Å². The molecule has 6 rings (SSSR count). The molecule has 1 aromatic heterocycles. The van der Waals surface area contributed by atoms with Crippen LogP contribution >= 0.6 is 0 Å². The number of alkyl halides is 2. The third kappa shape index (κ3) is 3.87. The Labute approximate surface area is 187 Å². The Morgan fingerprint density at radius 3 is 2.47 bits per heavy atom. The van der Waals surface area contributed by atoms with Crippen molar-refractivity contribution >= 4 is 11.5 Å². The average Bonchev–Trinajstić information content (AvgIpc) is 3.43. The molecule has 2 aromatic rings. The van der Waals surface area contributed by atoms with Crippen LogP contribution in [0.25, 0.3) is 0 Å². The summed E-state index contributed by atoms with van der Waals surface area (Å²) in [5.74, 6) is 1.86. The first-order valence-electron chi connectivity index (χ1n) is 11.7. The van der Waals surface area contributed by atoms with Gasteiger partial charge in [-0.15, -0.1) is 0 Å². The summed E-state index contributed by atoms with van der Waals surface area (Å²) in [4.78, 5) is 13.7. The maximum absolute atomic E-state index is 13.6. The summed E-state index contributed by atoms with van der Waals surface area (Å²) >= 11 is 0. The van der Waals surface area contributed by atoms with Gasteiger partial charge >= 0.3 is 0 Å². The molecular weight excluding hydrogens is 410 g/mol. The van der Waals surface area contributed by atoms with Crippen molar-refractivity contribution in [3.63, 3.8) is 0 Å². The largest absolute Gasteiger partial charge is 0.490 e. The van der Waals surface area contributed by atoms with Gasteiger partial charge in [0.15, 0.2) is 0 Å². The highest BCUT2D eigenvalue weighted by Crippen LogP contribution is 2.32. The first-order valence-corrected chi connectivity index (χ1v) is 11.7. The van der Waals surface area contributed by atoms with Crippen molar-refractivity contribution in [3.8, 4) is 5.75 Å². The van der Waals surface area contributed by atoms with E-state index in [4.69, 9.17) is 9.73 Å². The van der Waals surface area contributed by atoms with E-state index in [1.54, 1.807) is 0 Å². The minimum absolute atomic E-state index is 0.227. The highest BCUT2D eigenvalue weighted by molar-refractivity contribution is 6.15. The summed E-state index contributed by atoms with van der Waals surface area (Å²) in [6, 6.07) is 10.7. The molecule has 1 aliphatic carbocycles. The predicted molar refractivity (Wildman–Crippen MR) is 120 cm³/mol. The second kappa shape index (κ2) is 8.10. The van der Waals surface area contributed by atoms with Crippen molar-refractivity contribution < 1.29 is 13.5 Å². The van der Waals surface area contributed by atoms with E-state index < -0.39 is 12.3 Å². The average molecular weight is 439 g/mol. The third-order valence-electron chi connectivity index (χ3n) is 7.11. The van der Waals surface area contributed by atoms with Gasteiger partial charge in [0.1, 0.15) is 23.9 Å². The van der Waals surface area contributed by atoms with E-state index in [1.807, 2.05) is 23.2 Å². The number of aliphatic imine (C=N–C) groups is 1. The van der Waals surface area contributed by atoms with Crippen molar-refractivity contribution in [2.45, 2.75) is 56.7 Å².